The first-order valence-electron chi connectivity index (χ1n) is 4.99. The van der Waals surface area contributed by atoms with E-state index in [9.17, 15) is 9.18 Å². The van der Waals surface area contributed by atoms with Crippen molar-refractivity contribution in [1.29, 1.82) is 0 Å². The van der Waals surface area contributed by atoms with Gasteiger partial charge in [-0.15, -0.1) is 0 Å². The Morgan fingerprint density at radius 1 is 1.53 bits per heavy atom. The number of nitrogens with zero attached hydrogens (tertiary/aromatic N) is 1. The number of hydrogen-bond donors (Lipinski definition) is 3. The number of halogens is 1. The quantitative estimate of drug-likeness (QED) is 0.318. The van der Waals surface area contributed by atoms with Crippen LogP contribution in [0.15, 0.2) is 23.4 Å². The maximum atomic E-state index is 13.1. The summed E-state index contributed by atoms with van der Waals surface area (Å²) in [4.78, 5) is 11.7. The number of amides is 1. The second-order valence-corrected chi connectivity index (χ2v) is 3.74. The van der Waals surface area contributed by atoms with E-state index in [2.05, 4.69) is 10.5 Å². The molecule has 92 valence electrons. The fourth-order valence-electron chi connectivity index (χ4n) is 1.31. The van der Waals surface area contributed by atoms with E-state index in [-0.39, 0.29) is 11.4 Å². The van der Waals surface area contributed by atoms with Crippen LogP contribution in [0.3, 0.4) is 0 Å². The summed E-state index contributed by atoms with van der Waals surface area (Å²) in [6, 6.07) is 3.37. The zero-order valence-corrected chi connectivity index (χ0v) is 9.57. The molecular weight excluding hydrogens is 225 g/mol. The lowest BCUT2D eigenvalue weighted by atomic mass is 10.1. The molecule has 1 unspecified atom stereocenters. The molecule has 1 aromatic carbocycles. The molecular formula is C11H14FN3O2. The Labute approximate surface area is 98.1 Å². The van der Waals surface area contributed by atoms with Crippen LogP contribution in [-0.2, 0) is 0 Å². The molecule has 4 N–H and O–H groups in total. The van der Waals surface area contributed by atoms with Gasteiger partial charge in [0.2, 0.25) is 0 Å². The number of rotatable bonds is 3. The minimum atomic E-state index is -0.629. The molecule has 17 heavy (non-hydrogen) atoms. The van der Waals surface area contributed by atoms with Crippen LogP contribution in [0.1, 0.15) is 22.8 Å². The first-order valence-corrected chi connectivity index (χ1v) is 4.99. The lowest BCUT2D eigenvalue weighted by Crippen LogP contribution is -2.42. The second-order valence-electron chi connectivity index (χ2n) is 3.74. The van der Waals surface area contributed by atoms with Gasteiger partial charge in [-0.1, -0.05) is 5.16 Å². The van der Waals surface area contributed by atoms with Crippen molar-refractivity contribution >= 4 is 11.7 Å². The van der Waals surface area contributed by atoms with Crippen molar-refractivity contribution in [2.24, 2.45) is 10.9 Å². The van der Waals surface area contributed by atoms with Crippen LogP contribution in [0, 0.1) is 12.7 Å². The number of nitrogens with one attached hydrogen (secondary N) is 1. The molecule has 0 bridgehead atoms. The van der Waals surface area contributed by atoms with Crippen LogP contribution in [0.5, 0.6) is 0 Å². The summed E-state index contributed by atoms with van der Waals surface area (Å²) in [6.45, 7) is 3.24. The molecule has 0 aliphatic heterocycles. The standard InChI is InChI=1S/C11H14FN3O2/c1-6-3-8(5-9(12)4-6)11(16)14-7(2)10(13)15-17/h3-5,7,17H,1-2H3,(H2,13,15)(H,14,16). The fraction of sp³-hybridized carbons (Fsp3) is 0.273. The minimum Gasteiger partial charge on any atom is -0.409 e. The third-order valence-corrected chi connectivity index (χ3v) is 2.21. The molecule has 0 saturated heterocycles. The Bertz CT molecular complexity index is 440. The summed E-state index contributed by atoms with van der Waals surface area (Å²) >= 11 is 0. The van der Waals surface area contributed by atoms with Crippen molar-refractivity contribution < 1.29 is 14.4 Å². The average Bonchev–Trinajstić information content (AvgIpc) is 2.26. The van der Waals surface area contributed by atoms with Crippen molar-refractivity contribution in [3.63, 3.8) is 0 Å². The number of benzene rings is 1. The molecule has 0 aromatic heterocycles. The molecule has 0 aliphatic rings. The molecule has 1 atom stereocenters. The molecule has 5 nitrogen and oxygen atoms in total. The van der Waals surface area contributed by atoms with Crippen LogP contribution in [-0.4, -0.2) is 23.0 Å². The Hall–Kier alpha value is -2.11. The highest BCUT2D eigenvalue weighted by atomic mass is 19.1. The number of hydrogen-bond acceptors (Lipinski definition) is 3. The van der Waals surface area contributed by atoms with Crippen molar-refractivity contribution in [2.75, 3.05) is 0 Å². The summed E-state index contributed by atoms with van der Waals surface area (Å²) < 4.78 is 13.1. The lowest BCUT2D eigenvalue weighted by Gasteiger charge is -2.12. The van der Waals surface area contributed by atoms with Gasteiger partial charge in [-0.3, -0.25) is 4.79 Å². The first kappa shape index (κ1) is 13.0. The molecule has 1 aromatic rings. The van der Waals surface area contributed by atoms with Crippen LogP contribution in [0.2, 0.25) is 0 Å². The molecule has 0 saturated carbocycles. The molecule has 0 aliphatic carbocycles. The number of nitrogens with two attached hydrogens (primary N) is 1. The van der Waals surface area contributed by atoms with Crippen LogP contribution in [0.4, 0.5) is 4.39 Å². The van der Waals surface area contributed by atoms with Gasteiger partial charge in [0, 0.05) is 5.56 Å². The summed E-state index contributed by atoms with van der Waals surface area (Å²) in [5.74, 6) is -1.08. The molecule has 0 spiro atoms. The predicted octanol–water partition coefficient (Wildman–Crippen LogP) is 0.999. The van der Waals surface area contributed by atoms with E-state index in [0.29, 0.717) is 5.56 Å². The first-order chi connectivity index (χ1) is 7.93. The maximum Gasteiger partial charge on any atom is 0.251 e. The van der Waals surface area contributed by atoms with E-state index in [4.69, 9.17) is 10.9 Å². The zero-order chi connectivity index (χ0) is 13.0. The maximum absolute atomic E-state index is 13.1. The highest BCUT2D eigenvalue weighted by Crippen LogP contribution is 2.08. The van der Waals surface area contributed by atoms with Crippen LogP contribution >= 0.6 is 0 Å². The van der Waals surface area contributed by atoms with Gasteiger partial charge in [-0.25, -0.2) is 4.39 Å². The van der Waals surface area contributed by atoms with E-state index >= 15 is 0 Å². The molecule has 0 heterocycles. The highest BCUT2D eigenvalue weighted by Gasteiger charge is 2.13. The van der Waals surface area contributed by atoms with E-state index in [1.807, 2.05) is 0 Å². The van der Waals surface area contributed by atoms with E-state index in [1.54, 1.807) is 19.9 Å². The Morgan fingerprint density at radius 3 is 2.71 bits per heavy atom. The largest absolute Gasteiger partial charge is 0.409 e. The van der Waals surface area contributed by atoms with Gasteiger partial charge in [0.25, 0.3) is 5.91 Å². The van der Waals surface area contributed by atoms with Gasteiger partial charge in [0.15, 0.2) is 5.84 Å². The zero-order valence-electron chi connectivity index (χ0n) is 9.57. The van der Waals surface area contributed by atoms with Crippen LogP contribution < -0.4 is 11.1 Å². The normalized spacial score (nSPS) is 13.2. The average molecular weight is 239 g/mol. The SMILES string of the molecule is Cc1cc(F)cc(C(=O)NC(C)/C(N)=N/O)c1. The van der Waals surface area contributed by atoms with Crippen molar-refractivity contribution in [1.82, 2.24) is 5.32 Å². The van der Waals surface area contributed by atoms with Gasteiger partial charge in [-0.2, -0.15) is 0 Å². The number of carbonyl (C=O) groups excluding carboxylic acids is 1. The Balaban J connectivity index is 2.83. The van der Waals surface area contributed by atoms with Crippen molar-refractivity contribution in [3.8, 4) is 0 Å². The van der Waals surface area contributed by atoms with Crippen molar-refractivity contribution in [3.05, 3.63) is 35.1 Å². The Morgan fingerprint density at radius 2 is 2.18 bits per heavy atom. The number of amidine groups is 1. The number of aryl methyl sites for hydroxylation is 1. The smallest absolute Gasteiger partial charge is 0.251 e. The molecule has 1 rings (SSSR count). The topological polar surface area (TPSA) is 87.7 Å². The second kappa shape index (κ2) is 5.29. The lowest BCUT2D eigenvalue weighted by molar-refractivity contribution is 0.0948. The summed E-state index contributed by atoms with van der Waals surface area (Å²) in [7, 11) is 0. The van der Waals surface area contributed by atoms with E-state index in [0.717, 1.165) is 6.07 Å². The molecule has 0 fully saturated rings. The summed E-state index contributed by atoms with van der Waals surface area (Å²) in [5.41, 5.74) is 6.15. The monoisotopic (exact) mass is 239 g/mol. The predicted molar refractivity (Wildman–Crippen MR) is 61.5 cm³/mol. The van der Waals surface area contributed by atoms with Gasteiger partial charge >= 0.3 is 0 Å². The number of oxime groups is 1. The number of carbonyl (C=O) groups is 1. The molecule has 6 heteroatoms. The Kier molecular flexibility index (Phi) is 4.03. The summed E-state index contributed by atoms with van der Waals surface area (Å²) in [5, 5.41) is 13.7. The van der Waals surface area contributed by atoms with Gasteiger partial charge in [0.1, 0.15) is 5.82 Å². The highest BCUT2D eigenvalue weighted by molar-refractivity contribution is 5.98. The molecule has 1 amide bonds. The van der Waals surface area contributed by atoms with Crippen LogP contribution in [0.25, 0.3) is 0 Å². The van der Waals surface area contributed by atoms with E-state index < -0.39 is 17.8 Å². The van der Waals surface area contributed by atoms with Gasteiger partial charge in [0.05, 0.1) is 6.04 Å². The van der Waals surface area contributed by atoms with E-state index in [1.165, 1.54) is 6.07 Å². The summed E-state index contributed by atoms with van der Waals surface area (Å²) in [6.07, 6.45) is 0. The van der Waals surface area contributed by atoms with Gasteiger partial charge in [-0.05, 0) is 37.6 Å². The molecule has 0 radical (unpaired) electrons. The minimum absolute atomic E-state index is 0.119. The fourth-order valence-corrected chi connectivity index (χ4v) is 1.31. The third-order valence-electron chi connectivity index (χ3n) is 2.21. The van der Waals surface area contributed by atoms with Gasteiger partial charge < -0.3 is 16.3 Å². The van der Waals surface area contributed by atoms with Crippen molar-refractivity contribution in [2.45, 2.75) is 19.9 Å². The third kappa shape index (κ3) is 3.44.